The summed E-state index contributed by atoms with van der Waals surface area (Å²) in [6.07, 6.45) is 0.317. The monoisotopic (exact) mass is 390 g/mol. The van der Waals surface area contributed by atoms with Crippen LogP contribution in [0.15, 0.2) is 46.9 Å². The van der Waals surface area contributed by atoms with E-state index in [4.69, 9.17) is 0 Å². The number of hydrogen-bond donors (Lipinski definition) is 2. The summed E-state index contributed by atoms with van der Waals surface area (Å²) in [7, 11) is 1.32. The van der Waals surface area contributed by atoms with Crippen molar-refractivity contribution in [1.82, 2.24) is 0 Å². The maximum absolute atomic E-state index is 12.0. The highest BCUT2D eigenvalue weighted by Gasteiger charge is 2.07. The third-order valence-corrected chi connectivity index (χ3v) is 4.30. The zero-order valence-corrected chi connectivity index (χ0v) is 15.1. The third kappa shape index (κ3) is 5.09. The number of ether oxygens (including phenoxy) is 1. The molecule has 0 bridgehead atoms. The van der Waals surface area contributed by atoms with Gasteiger partial charge in [0.1, 0.15) is 0 Å². The molecule has 0 aromatic heterocycles. The van der Waals surface area contributed by atoms with Gasteiger partial charge in [-0.3, -0.25) is 4.79 Å². The van der Waals surface area contributed by atoms with Gasteiger partial charge in [-0.1, -0.05) is 22.0 Å². The van der Waals surface area contributed by atoms with Gasteiger partial charge in [0.15, 0.2) is 0 Å². The van der Waals surface area contributed by atoms with Crippen LogP contribution in [0.2, 0.25) is 0 Å². The lowest BCUT2D eigenvalue weighted by atomic mass is 10.2. The van der Waals surface area contributed by atoms with E-state index in [1.807, 2.05) is 25.1 Å². The second-order valence-electron chi connectivity index (χ2n) is 5.26. The van der Waals surface area contributed by atoms with E-state index in [0.717, 1.165) is 15.7 Å². The van der Waals surface area contributed by atoms with Gasteiger partial charge in [-0.15, -0.1) is 0 Å². The van der Waals surface area contributed by atoms with Gasteiger partial charge in [-0.25, -0.2) is 4.79 Å². The molecule has 1 amide bonds. The van der Waals surface area contributed by atoms with Crippen LogP contribution in [0.5, 0.6) is 0 Å². The minimum absolute atomic E-state index is 0.127. The molecule has 0 saturated carbocycles. The molecule has 0 heterocycles. The number of rotatable bonds is 6. The highest BCUT2D eigenvalue weighted by molar-refractivity contribution is 9.10. The van der Waals surface area contributed by atoms with E-state index in [0.29, 0.717) is 24.2 Å². The number of methoxy groups -OCH3 is 1. The number of anilines is 2. The minimum atomic E-state index is -0.432. The number of halogens is 1. The van der Waals surface area contributed by atoms with Gasteiger partial charge in [-0.2, -0.15) is 0 Å². The van der Waals surface area contributed by atoms with E-state index >= 15 is 0 Å². The Hall–Kier alpha value is -2.34. The van der Waals surface area contributed by atoms with Crippen molar-refractivity contribution in [2.24, 2.45) is 0 Å². The molecule has 24 heavy (non-hydrogen) atoms. The number of carbonyl (C=O) groups excluding carboxylic acids is 2. The Bertz CT molecular complexity index is 747. The van der Waals surface area contributed by atoms with Gasteiger partial charge >= 0.3 is 5.97 Å². The van der Waals surface area contributed by atoms with Gasteiger partial charge in [0.2, 0.25) is 5.91 Å². The number of amides is 1. The molecule has 2 aromatic rings. The summed E-state index contributed by atoms with van der Waals surface area (Å²) in [6, 6.07) is 12.6. The van der Waals surface area contributed by atoms with E-state index in [9.17, 15) is 9.59 Å². The summed E-state index contributed by atoms with van der Waals surface area (Å²) in [5.74, 6) is -0.559. The number of hydrogen-bond acceptors (Lipinski definition) is 4. The molecule has 2 aromatic carbocycles. The van der Waals surface area contributed by atoms with E-state index in [2.05, 4.69) is 31.3 Å². The molecule has 0 aliphatic heterocycles. The molecule has 0 atom stereocenters. The minimum Gasteiger partial charge on any atom is -0.465 e. The van der Waals surface area contributed by atoms with Crippen LogP contribution in [-0.2, 0) is 9.53 Å². The first-order valence-electron chi connectivity index (χ1n) is 7.48. The van der Waals surface area contributed by atoms with E-state index in [-0.39, 0.29) is 5.91 Å². The van der Waals surface area contributed by atoms with Crippen LogP contribution < -0.4 is 10.6 Å². The predicted molar refractivity (Wildman–Crippen MR) is 98.4 cm³/mol. The summed E-state index contributed by atoms with van der Waals surface area (Å²) < 4.78 is 5.72. The second kappa shape index (κ2) is 8.49. The lowest BCUT2D eigenvalue weighted by Crippen LogP contribution is -2.16. The van der Waals surface area contributed by atoms with Crippen molar-refractivity contribution in [2.45, 2.75) is 13.3 Å². The smallest absolute Gasteiger partial charge is 0.337 e. The lowest BCUT2D eigenvalue weighted by molar-refractivity contribution is -0.115. The van der Waals surface area contributed by atoms with Crippen LogP contribution in [0.1, 0.15) is 22.3 Å². The molecule has 5 nitrogen and oxygen atoms in total. The number of esters is 1. The van der Waals surface area contributed by atoms with E-state index in [1.165, 1.54) is 7.11 Å². The topological polar surface area (TPSA) is 67.4 Å². The van der Waals surface area contributed by atoms with Crippen LogP contribution >= 0.6 is 15.9 Å². The average Bonchev–Trinajstić information content (AvgIpc) is 2.57. The molecular weight excluding hydrogens is 372 g/mol. The summed E-state index contributed by atoms with van der Waals surface area (Å²) in [5, 5.41) is 5.99. The Labute approximate surface area is 149 Å². The zero-order valence-electron chi connectivity index (χ0n) is 13.6. The summed E-state index contributed by atoms with van der Waals surface area (Å²) in [5.41, 5.74) is 3.07. The first kappa shape index (κ1) is 18.0. The van der Waals surface area contributed by atoms with E-state index < -0.39 is 5.97 Å². The fraction of sp³-hybridized carbons (Fsp3) is 0.222. The molecular formula is C18H19BrN2O3. The Kier molecular flexibility index (Phi) is 6.37. The third-order valence-electron chi connectivity index (χ3n) is 3.41. The summed E-state index contributed by atoms with van der Waals surface area (Å²) >= 11 is 3.45. The molecule has 2 rings (SSSR count). The van der Waals surface area contributed by atoms with Crippen molar-refractivity contribution in [3.63, 3.8) is 0 Å². The Balaban J connectivity index is 1.85. The predicted octanol–water partition coefficient (Wildman–Crippen LogP) is 3.98. The molecule has 0 aliphatic rings. The average molecular weight is 391 g/mol. The van der Waals surface area contributed by atoms with Crippen molar-refractivity contribution in [1.29, 1.82) is 0 Å². The van der Waals surface area contributed by atoms with Crippen molar-refractivity contribution >= 4 is 39.2 Å². The number of aryl methyl sites for hydroxylation is 1. The maximum Gasteiger partial charge on any atom is 0.337 e. The van der Waals surface area contributed by atoms with E-state index in [1.54, 1.807) is 24.3 Å². The molecule has 0 fully saturated rings. The van der Waals surface area contributed by atoms with Crippen molar-refractivity contribution in [2.75, 3.05) is 24.3 Å². The molecule has 6 heteroatoms. The summed E-state index contributed by atoms with van der Waals surface area (Å²) in [6.45, 7) is 2.53. The van der Waals surface area contributed by atoms with Gasteiger partial charge in [0.25, 0.3) is 0 Å². The normalized spacial score (nSPS) is 10.1. The molecule has 0 radical (unpaired) electrons. The largest absolute Gasteiger partial charge is 0.465 e. The summed E-state index contributed by atoms with van der Waals surface area (Å²) in [4.78, 5) is 23.5. The number of carbonyl (C=O) groups is 2. The first-order chi connectivity index (χ1) is 11.5. The van der Waals surface area contributed by atoms with Gasteiger partial charge in [-0.05, 0) is 48.9 Å². The SMILES string of the molecule is COC(=O)c1cccc(NC(=O)CCNc2ccc(Br)c(C)c2)c1. The standard InChI is InChI=1S/C18H19BrN2O3/c1-12-10-14(6-7-16(12)19)20-9-8-17(22)21-15-5-3-4-13(11-15)18(23)24-2/h3-7,10-11,20H,8-9H2,1-2H3,(H,21,22). The highest BCUT2D eigenvalue weighted by atomic mass is 79.9. The van der Waals surface area contributed by atoms with Gasteiger partial charge in [0, 0.05) is 28.8 Å². The molecule has 0 saturated heterocycles. The van der Waals surface area contributed by atoms with Crippen LogP contribution in [-0.4, -0.2) is 25.5 Å². The van der Waals surface area contributed by atoms with Crippen LogP contribution in [0.3, 0.4) is 0 Å². The van der Waals surface area contributed by atoms with Crippen LogP contribution in [0.25, 0.3) is 0 Å². The van der Waals surface area contributed by atoms with Crippen LogP contribution in [0, 0.1) is 6.92 Å². The van der Waals surface area contributed by atoms with Crippen LogP contribution in [0.4, 0.5) is 11.4 Å². The van der Waals surface area contributed by atoms with Crippen molar-refractivity contribution in [3.8, 4) is 0 Å². The van der Waals surface area contributed by atoms with Crippen molar-refractivity contribution in [3.05, 3.63) is 58.1 Å². The molecule has 0 aliphatic carbocycles. The molecule has 2 N–H and O–H groups in total. The fourth-order valence-corrected chi connectivity index (χ4v) is 2.39. The maximum atomic E-state index is 12.0. The highest BCUT2D eigenvalue weighted by Crippen LogP contribution is 2.20. The molecule has 0 spiro atoms. The second-order valence-corrected chi connectivity index (χ2v) is 6.12. The van der Waals surface area contributed by atoms with Gasteiger partial charge in [0.05, 0.1) is 12.7 Å². The fourth-order valence-electron chi connectivity index (χ4n) is 2.14. The Morgan fingerprint density at radius 2 is 1.92 bits per heavy atom. The molecule has 0 unspecified atom stereocenters. The zero-order chi connectivity index (χ0) is 17.5. The number of nitrogens with one attached hydrogen (secondary N) is 2. The van der Waals surface area contributed by atoms with Gasteiger partial charge < -0.3 is 15.4 Å². The first-order valence-corrected chi connectivity index (χ1v) is 8.27. The Morgan fingerprint density at radius 1 is 1.12 bits per heavy atom. The molecule has 126 valence electrons. The Morgan fingerprint density at radius 3 is 2.62 bits per heavy atom. The lowest BCUT2D eigenvalue weighted by Gasteiger charge is -2.09. The number of benzene rings is 2. The van der Waals surface area contributed by atoms with Crippen molar-refractivity contribution < 1.29 is 14.3 Å². The quantitative estimate of drug-likeness (QED) is 0.731.